The summed E-state index contributed by atoms with van der Waals surface area (Å²) in [6.07, 6.45) is -0.158. The molecule has 0 aliphatic carbocycles. The quantitative estimate of drug-likeness (QED) is 0.793. The fraction of sp³-hybridized carbons (Fsp3) is 0.900. The predicted octanol–water partition coefficient (Wildman–Crippen LogP) is 0.289. The van der Waals surface area contributed by atoms with E-state index in [0.717, 1.165) is 4.31 Å². The van der Waals surface area contributed by atoms with Crippen LogP contribution in [-0.2, 0) is 19.6 Å². The van der Waals surface area contributed by atoms with Gasteiger partial charge in [0, 0.05) is 20.1 Å². The van der Waals surface area contributed by atoms with Gasteiger partial charge in [-0.05, 0) is 20.8 Å². The zero-order chi connectivity index (χ0) is 13.4. The Kier molecular flexibility index (Phi) is 3.85. The molecule has 100 valence electrons. The molecule has 0 aromatic heterocycles. The Hall–Kier alpha value is -0.660. The Balaban J connectivity index is 3.08. The molecule has 2 atom stereocenters. The zero-order valence-corrected chi connectivity index (χ0v) is 11.3. The lowest BCUT2D eigenvalue weighted by molar-refractivity contribution is -0.140. The number of carboxylic acid groups (broad SMARTS) is 1. The summed E-state index contributed by atoms with van der Waals surface area (Å²) in [5.41, 5.74) is 0. The van der Waals surface area contributed by atoms with Gasteiger partial charge in [-0.1, -0.05) is 0 Å². The monoisotopic (exact) mass is 265 g/mol. The predicted molar refractivity (Wildman–Crippen MR) is 62.2 cm³/mol. The summed E-state index contributed by atoms with van der Waals surface area (Å²) in [4.78, 5) is 11.1. The summed E-state index contributed by atoms with van der Waals surface area (Å²) in [5, 5.41) is 9.06. The second-order valence-corrected chi connectivity index (χ2v) is 7.78. The summed E-state index contributed by atoms with van der Waals surface area (Å²) in [6, 6.07) is -1.02. The van der Waals surface area contributed by atoms with Gasteiger partial charge in [0.15, 0.2) is 0 Å². The molecular weight excluding hydrogens is 246 g/mol. The van der Waals surface area contributed by atoms with Gasteiger partial charge in [-0.15, -0.1) is 0 Å². The van der Waals surface area contributed by atoms with Gasteiger partial charge < -0.3 is 9.84 Å². The van der Waals surface area contributed by atoms with Crippen molar-refractivity contribution in [3.63, 3.8) is 0 Å². The Morgan fingerprint density at radius 1 is 1.41 bits per heavy atom. The summed E-state index contributed by atoms with van der Waals surface area (Å²) >= 11 is 0. The average molecular weight is 265 g/mol. The lowest BCUT2D eigenvalue weighted by Crippen LogP contribution is -2.48. The molecule has 0 bridgehead atoms. The molecule has 17 heavy (non-hydrogen) atoms. The van der Waals surface area contributed by atoms with Gasteiger partial charge in [-0.25, -0.2) is 8.42 Å². The standard InChI is InChI=1S/C10H19NO5S/c1-10(2,3)17(14,15)11-6-7(16-4)5-8(11)9(12)13/h7-8H,5-6H2,1-4H3,(H,12,13). The van der Waals surface area contributed by atoms with Crippen LogP contribution >= 0.6 is 0 Å². The first kappa shape index (κ1) is 14.4. The number of methoxy groups -OCH3 is 1. The molecule has 1 heterocycles. The van der Waals surface area contributed by atoms with E-state index >= 15 is 0 Å². The summed E-state index contributed by atoms with van der Waals surface area (Å²) in [7, 11) is -2.19. The minimum absolute atomic E-state index is 0.104. The summed E-state index contributed by atoms with van der Waals surface area (Å²) < 4.78 is 29.6. The minimum Gasteiger partial charge on any atom is -0.480 e. The molecule has 0 aromatic rings. The number of hydrogen-bond acceptors (Lipinski definition) is 4. The van der Waals surface area contributed by atoms with Crippen molar-refractivity contribution < 1.29 is 23.1 Å². The molecule has 2 unspecified atom stereocenters. The maximum absolute atomic E-state index is 12.2. The van der Waals surface area contributed by atoms with Crippen molar-refractivity contribution in [3.05, 3.63) is 0 Å². The largest absolute Gasteiger partial charge is 0.480 e. The van der Waals surface area contributed by atoms with E-state index in [0.29, 0.717) is 0 Å². The molecule has 0 saturated carbocycles. The van der Waals surface area contributed by atoms with Crippen molar-refractivity contribution in [2.75, 3.05) is 13.7 Å². The average Bonchev–Trinajstić information content (AvgIpc) is 2.59. The molecule has 0 amide bonds. The number of sulfonamides is 1. The van der Waals surface area contributed by atoms with Crippen LogP contribution in [0.4, 0.5) is 0 Å². The van der Waals surface area contributed by atoms with E-state index < -0.39 is 26.8 Å². The van der Waals surface area contributed by atoms with Gasteiger partial charge in [0.25, 0.3) is 0 Å². The van der Waals surface area contributed by atoms with Gasteiger partial charge in [-0.2, -0.15) is 4.31 Å². The lowest BCUT2D eigenvalue weighted by Gasteiger charge is -2.29. The fourth-order valence-corrected chi connectivity index (χ4v) is 3.36. The van der Waals surface area contributed by atoms with Crippen molar-refractivity contribution in [2.24, 2.45) is 0 Å². The van der Waals surface area contributed by atoms with Gasteiger partial charge >= 0.3 is 5.97 Å². The normalized spacial score (nSPS) is 27.3. The second kappa shape index (κ2) is 4.55. The molecule has 0 radical (unpaired) electrons. The molecule has 1 saturated heterocycles. The number of aliphatic carboxylic acids is 1. The molecule has 6 nitrogen and oxygen atoms in total. The first-order valence-electron chi connectivity index (χ1n) is 5.38. The number of ether oxygens (including phenoxy) is 1. The van der Waals surface area contributed by atoms with Crippen LogP contribution in [0.5, 0.6) is 0 Å². The molecule has 0 spiro atoms. The van der Waals surface area contributed by atoms with E-state index in [1.807, 2.05) is 0 Å². The van der Waals surface area contributed by atoms with E-state index in [-0.39, 0.29) is 19.1 Å². The molecule has 1 rings (SSSR count). The van der Waals surface area contributed by atoms with Crippen LogP contribution in [0.25, 0.3) is 0 Å². The first-order valence-corrected chi connectivity index (χ1v) is 6.82. The van der Waals surface area contributed by atoms with Gasteiger partial charge in [0.2, 0.25) is 10.0 Å². The third kappa shape index (κ3) is 2.61. The van der Waals surface area contributed by atoms with Crippen LogP contribution in [0, 0.1) is 0 Å². The third-order valence-electron chi connectivity index (χ3n) is 2.92. The number of carbonyl (C=O) groups is 1. The fourth-order valence-electron chi connectivity index (χ4n) is 1.78. The van der Waals surface area contributed by atoms with Crippen LogP contribution in [0.3, 0.4) is 0 Å². The Morgan fingerprint density at radius 3 is 2.29 bits per heavy atom. The number of nitrogens with zero attached hydrogens (tertiary/aromatic N) is 1. The first-order chi connectivity index (χ1) is 7.61. The van der Waals surface area contributed by atoms with E-state index in [4.69, 9.17) is 9.84 Å². The van der Waals surface area contributed by atoms with E-state index in [1.165, 1.54) is 7.11 Å². The highest BCUT2D eigenvalue weighted by Crippen LogP contribution is 2.29. The molecule has 1 aliphatic heterocycles. The number of hydrogen-bond donors (Lipinski definition) is 1. The highest BCUT2D eigenvalue weighted by Gasteiger charge is 2.47. The highest BCUT2D eigenvalue weighted by molar-refractivity contribution is 7.90. The third-order valence-corrected chi connectivity index (χ3v) is 5.49. The highest BCUT2D eigenvalue weighted by atomic mass is 32.2. The Morgan fingerprint density at radius 2 is 1.94 bits per heavy atom. The molecule has 1 fully saturated rings. The van der Waals surface area contributed by atoms with Crippen molar-refractivity contribution in [2.45, 2.75) is 44.1 Å². The number of rotatable bonds is 3. The van der Waals surface area contributed by atoms with Gasteiger partial charge in [-0.3, -0.25) is 4.79 Å². The Labute approximate surface area is 102 Å². The van der Waals surface area contributed by atoms with Crippen LogP contribution in [0.1, 0.15) is 27.2 Å². The van der Waals surface area contributed by atoms with Crippen LogP contribution in [0.15, 0.2) is 0 Å². The molecule has 1 aliphatic rings. The number of carboxylic acids is 1. The molecular formula is C10H19NO5S. The Bertz CT molecular complexity index is 397. The van der Waals surface area contributed by atoms with Crippen LogP contribution in [-0.4, -0.2) is 54.3 Å². The van der Waals surface area contributed by atoms with Gasteiger partial charge in [0.1, 0.15) is 6.04 Å². The van der Waals surface area contributed by atoms with Crippen molar-refractivity contribution in [1.29, 1.82) is 0 Å². The van der Waals surface area contributed by atoms with Crippen molar-refractivity contribution in [1.82, 2.24) is 4.31 Å². The van der Waals surface area contributed by atoms with Gasteiger partial charge in [0.05, 0.1) is 10.9 Å². The van der Waals surface area contributed by atoms with Crippen LogP contribution in [0.2, 0.25) is 0 Å². The smallest absolute Gasteiger partial charge is 0.322 e. The van der Waals surface area contributed by atoms with Crippen LogP contribution < -0.4 is 0 Å². The zero-order valence-electron chi connectivity index (χ0n) is 10.5. The van der Waals surface area contributed by atoms with Crippen molar-refractivity contribution in [3.8, 4) is 0 Å². The maximum atomic E-state index is 12.2. The SMILES string of the molecule is COC1CC(C(=O)O)N(S(=O)(=O)C(C)(C)C)C1. The van der Waals surface area contributed by atoms with E-state index in [9.17, 15) is 13.2 Å². The van der Waals surface area contributed by atoms with E-state index in [2.05, 4.69) is 0 Å². The molecule has 1 N–H and O–H groups in total. The summed E-state index contributed by atoms with van der Waals surface area (Å²) in [5.74, 6) is -1.13. The van der Waals surface area contributed by atoms with E-state index in [1.54, 1.807) is 20.8 Å². The topological polar surface area (TPSA) is 83.9 Å². The second-order valence-electron chi connectivity index (χ2n) is 5.13. The van der Waals surface area contributed by atoms with Crippen molar-refractivity contribution >= 4 is 16.0 Å². The maximum Gasteiger partial charge on any atom is 0.322 e. The summed E-state index contributed by atoms with van der Waals surface area (Å²) in [6.45, 7) is 4.77. The lowest BCUT2D eigenvalue weighted by atomic mass is 10.2. The molecule has 0 aromatic carbocycles. The minimum atomic E-state index is -3.64. The molecule has 7 heteroatoms.